The molecule has 0 bridgehead atoms. The summed E-state index contributed by atoms with van der Waals surface area (Å²) in [6.07, 6.45) is 2.30. The molecule has 1 aliphatic heterocycles. The van der Waals surface area contributed by atoms with E-state index in [9.17, 15) is 9.81 Å². The highest BCUT2D eigenvalue weighted by Crippen LogP contribution is 2.52. The second-order valence-corrected chi connectivity index (χ2v) is 5.79. The highest BCUT2D eigenvalue weighted by molar-refractivity contribution is 5.49. The van der Waals surface area contributed by atoms with Gasteiger partial charge in [0.05, 0.1) is 6.54 Å². The molecule has 4 atom stereocenters. The van der Waals surface area contributed by atoms with Crippen molar-refractivity contribution >= 4 is 0 Å². The van der Waals surface area contributed by atoms with E-state index in [1.54, 1.807) is 0 Å². The quantitative estimate of drug-likeness (QED) is 0.813. The molecule has 1 fully saturated rings. The lowest BCUT2D eigenvalue weighted by molar-refractivity contribution is 0.216. The molecule has 6 heteroatoms. The number of nitrogens with two attached hydrogens (primary N) is 1. The van der Waals surface area contributed by atoms with Crippen molar-refractivity contribution in [3.63, 3.8) is 0 Å². The van der Waals surface area contributed by atoms with Crippen LogP contribution in [0.15, 0.2) is 28.6 Å². The first kappa shape index (κ1) is 14.1. The summed E-state index contributed by atoms with van der Waals surface area (Å²) in [7, 11) is 0. The number of para-hydroxylation sites is 1. The first-order chi connectivity index (χ1) is 10.3. The molecular weight excluding hydrogens is 270 g/mol. The molecule has 0 saturated heterocycles. The number of fused-ring (bicyclic) bond motifs is 3. The van der Waals surface area contributed by atoms with Crippen molar-refractivity contribution in [2.75, 3.05) is 13.1 Å². The number of hydrogen-bond donors (Lipinski definition) is 1. The zero-order valence-electron chi connectivity index (χ0n) is 11.8. The van der Waals surface area contributed by atoms with E-state index in [4.69, 9.17) is 10.5 Å². The normalized spacial score (nSPS) is 29.6. The number of nitrogens with zero attached hydrogens (tertiary/aromatic N) is 2. The van der Waals surface area contributed by atoms with Crippen molar-refractivity contribution in [1.82, 2.24) is 0 Å². The zero-order chi connectivity index (χ0) is 14.8. The van der Waals surface area contributed by atoms with Crippen LogP contribution in [0.25, 0.3) is 0 Å². The molecule has 0 spiro atoms. The summed E-state index contributed by atoms with van der Waals surface area (Å²) in [5.74, 6) is 0.829. The Bertz CT molecular complexity index is 549. The fourth-order valence-electron chi connectivity index (χ4n) is 3.72. The van der Waals surface area contributed by atoms with Gasteiger partial charge in [-0.3, -0.25) is 0 Å². The van der Waals surface area contributed by atoms with Gasteiger partial charge in [-0.25, -0.2) is 0 Å². The lowest BCUT2D eigenvalue weighted by Crippen LogP contribution is -2.20. The van der Waals surface area contributed by atoms with E-state index < -0.39 is 0 Å². The number of aryl methyl sites for hydroxylation is 1. The van der Waals surface area contributed by atoms with Gasteiger partial charge < -0.3 is 10.5 Å². The summed E-state index contributed by atoms with van der Waals surface area (Å²) in [6.45, 7) is 0.763. The van der Waals surface area contributed by atoms with Gasteiger partial charge in [0.15, 0.2) is 0 Å². The topological polar surface area (TPSA) is 94.1 Å². The average molecular weight is 289 g/mol. The summed E-state index contributed by atoms with van der Waals surface area (Å²) in [6, 6.07) is 5.71. The zero-order valence-corrected chi connectivity index (χ0v) is 11.8. The largest absolute Gasteiger partial charge is 0.489 e. The first-order valence-electron chi connectivity index (χ1n) is 7.40. The number of ether oxygens (including phenoxy) is 1. The van der Waals surface area contributed by atoms with E-state index >= 15 is 0 Å². The molecule has 1 aromatic carbocycles. The lowest BCUT2D eigenvalue weighted by Gasteiger charge is -2.16. The summed E-state index contributed by atoms with van der Waals surface area (Å²) in [4.78, 5) is 21.7. The molecule has 112 valence electrons. The monoisotopic (exact) mass is 289 g/mol. The van der Waals surface area contributed by atoms with Gasteiger partial charge in [-0.15, -0.1) is 0 Å². The maximum absolute atomic E-state index is 11.0. The van der Waals surface area contributed by atoms with E-state index in [0.717, 1.165) is 29.7 Å². The van der Waals surface area contributed by atoms with Crippen LogP contribution in [0, 0.1) is 15.7 Å². The first-order valence-corrected chi connectivity index (χ1v) is 7.40. The minimum absolute atomic E-state index is 0.0539. The van der Waals surface area contributed by atoms with E-state index in [0.29, 0.717) is 13.0 Å². The van der Waals surface area contributed by atoms with E-state index in [1.807, 2.05) is 12.1 Å². The molecule has 1 aliphatic carbocycles. The number of benzene rings is 1. The Balaban J connectivity index is 1.92. The van der Waals surface area contributed by atoms with Crippen LogP contribution in [0.5, 0.6) is 5.75 Å². The highest BCUT2D eigenvalue weighted by atomic mass is 16.5. The maximum atomic E-state index is 11.0. The van der Waals surface area contributed by atoms with Crippen LogP contribution in [0.4, 0.5) is 0 Å². The molecule has 1 aromatic rings. The molecule has 21 heavy (non-hydrogen) atoms. The van der Waals surface area contributed by atoms with Gasteiger partial charge in [-0.1, -0.05) is 28.6 Å². The molecule has 2 N–H and O–H groups in total. The second kappa shape index (κ2) is 5.89. The Morgan fingerprint density at radius 3 is 2.90 bits per heavy atom. The third kappa shape index (κ3) is 2.33. The maximum Gasteiger partial charge on any atom is 0.126 e. The van der Waals surface area contributed by atoms with Crippen LogP contribution in [0.1, 0.15) is 29.9 Å². The SMILES string of the molecule is NCCCc1cccc2c1O[C@H]1C[C@@H](N=O)[C@H](CN=O)[C@@H]21. The van der Waals surface area contributed by atoms with Gasteiger partial charge in [0, 0.05) is 23.8 Å². The van der Waals surface area contributed by atoms with Gasteiger partial charge in [-0.2, -0.15) is 9.81 Å². The van der Waals surface area contributed by atoms with Crippen molar-refractivity contribution in [2.24, 2.45) is 22.0 Å². The van der Waals surface area contributed by atoms with Crippen molar-refractivity contribution in [3.05, 3.63) is 39.1 Å². The average Bonchev–Trinajstić information content (AvgIpc) is 3.02. The van der Waals surface area contributed by atoms with Gasteiger partial charge in [-0.05, 0) is 24.9 Å². The predicted octanol–water partition coefficient (Wildman–Crippen LogP) is 2.34. The van der Waals surface area contributed by atoms with Gasteiger partial charge >= 0.3 is 0 Å². The highest BCUT2D eigenvalue weighted by Gasteiger charge is 2.51. The molecule has 1 saturated carbocycles. The van der Waals surface area contributed by atoms with E-state index in [-0.39, 0.29) is 30.5 Å². The van der Waals surface area contributed by atoms with Crippen LogP contribution >= 0.6 is 0 Å². The third-order valence-electron chi connectivity index (χ3n) is 4.66. The van der Waals surface area contributed by atoms with Gasteiger partial charge in [0.1, 0.15) is 17.9 Å². The van der Waals surface area contributed by atoms with Crippen molar-refractivity contribution < 1.29 is 4.74 Å². The summed E-state index contributed by atoms with van der Waals surface area (Å²) < 4.78 is 6.08. The van der Waals surface area contributed by atoms with Gasteiger partial charge in [0.2, 0.25) is 0 Å². The Kier molecular flexibility index (Phi) is 3.96. The Morgan fingerprint density at radius 1 is 1.33 bits per heavy atom. The molecule has 1 heterocycles. The molecule has 2 aliphatic rings. The van der Waals surface area contributed by atoms with Gasteiger partial charge in [0.25, 0.3) is 0 Å². The molecule has 0 aromatic heterocycles. The lowest BCUT2D eigenvalue weighted by atomic mass is 9.86. The summed E-state index contributed by atoms with van der Waals surface area (Å²) in [5.41, 5.74) is 7.82. The molecule has 3 rings (SSSR count). The second-order valence-electron chi connectivity index (χ2n) is 5.79. The minimum Gasteiger partial charge on any atom is -0.489 e. The molecule has 0 amide bonds. The number of hydrogen-bond acceptors (Lipinski definition) is 6. The number of rotatable bonds is 6. The van der Waals surface area contributed by atoms with Crippen LogP contribution in [-0.2, 0) is 6.42 Å². The van der Waals surface area contributed by atoms with Crippen LogP contribution in [0.2, 0.25) is 0 Å². The number of nitroso groups, excluding NO2 is 2. The Morgan fingerprint density at radius 2 is 2.19 bits per heavy atom. The van der Waals surface area contributed by atoms with Crippen LogP contribution < -0.4 is 10.5 Å². The van der Waals surface area contributed by atoms with Crippen molar-refractivity contribution in [3.8, 4) is 5.75 Å². The Hall–Kier alpha value is -1.82. The van der Waals surface area contributed by atoms with Crippen molar-refractivity contribution in [2.45, 2.75) is 37.3 Å². The fourth-order valence-corrected chi connectivity index (χ4v) is 3.72. The summed E-state index contributed by atoms with van der Waals surface area (Å²) >= 11 is 0. The Labute approximate surface area is 123 Å². The van der Waals surface area contributed by atoms with E-state index in [1.165, 1.54) is 0 Å². The molecule has 0 radical (unpaired) electrons. The molecule has 0 unspecified atom stereocenters. The third-order valence-corrected chi connectivity index (χ3v) is 4.66. The fraction of sp³-hybridized carbons (Fsp3) is 0.600. The predicted molar refractivity (Wildman–Crippen MR) is 79.3 cm³/mol. The van der Waals surface area contributed by atoms with Crippen molar-refractivity contribution in [1.29, 1.82) is 0 Å². The van der Waals surface area contributed by atoms with E-state index in [2.05, 4.69) is 16.4 Å². The molecule has 6 nitrogen and oxygen atoms in total. The smallest absolute Gasteiger partial charge is 0.126 e. The minimum atomic E-state index is -0.376. The molecular formula is C15H19N3O3. The van der Waals surface area contributed by atoms with Crippen LogP contribution in [-0.4, -0.2) is 25.2 Å². The summed E-state index contributed by atoms with van der Waals surface area (Å²) in [5, 5.41) is 6.17. The van der Waals surface area contributed by atoms with Crippen LogP contribution in [0.3, 0.4) is 0 Å². The standard InChI is InChI=1S/C15H19N3O3/c16-6-2-4-9-3-1-5-10-14-11(8-17-19)12(18-20)7-13(14)21-15(9)10/h1,3,5,11-14H,2,4,6-8,16H2/t11-,12+,13-,14+/m0/s1.